The minimum atomic E-state index is -4.68. The van der Waals surface area contributed by atoms with Crippen molar-refractivity contribution in [2.75, 3.05) is 42.3 Å². The second kappa shape index (κ2) is 13.1. The van der Waals surface area contributed by atoms with E-state index in [1.807, 2.05) is 6.92 Å². The van der Waals surface area contributed by atoms with Gasteiger partial charge in [0.1, 0.15) is 11.4 Å². The zero-order valence-corrected chi connectivity index (χ0v) is 25.2. The van der Waals surface area contributed by atoms with E-state index >= 15 is 0 Å². The highest BCUT2D eigenvalue weighted by atomic mass is 32.2. The molecule has 0 aliphatic carbocycles. The molecular formula is C27H28FN7O7S2. The molecule has 4 aromatic rings. The average Bonchev–Trinajstić information content (AvgIpc) is 2.97. The molecule has 5 rings (SSSR count). The number of hydrogen-bond donors (Lipinski definition) is 3. The van der Waals surface area contributed by atoms with E-state index in [9.17, 15) is 26.7 Å². The Morgan fingerprint density at radius 2 is 1.84 bits per heavy atom. The van der Waals surface area contributed by atoms with Crippen LogP contribution in [0.2, 0.25) is 0 Å². The Morgan fingerprint density at radius 3 is 2.52 bits per heavy atom. The molecule has 1 fully saturated rings. The fourth-order valence-electron chi connectivity index (χ4n) is 4.41. The van der Waals surface area contributed by atoms with Crippen LogP contribution in [0.5, 0.6) is 11.5 Å². The van der Waals surface area contributed by atoms with E-state index in [4.69, 9.17) is 8.92 Å². The van der Waals surface area contributed by atoms with Crippen LogP contribution in [0.3, 0.4) is 0 Å². The van der Waals surface area contributed by atoms with E-state index in [-0.39, 0.29) is 39.8 Å². The van der Waals surface area contributed by atoms with E-state index in [0.717, 1.165) is 6.07 Å². The fraction of sp³-hybridized carbons (Fsp3) is 0.296. The number of azo groups is 1. The number of rotatable bonds is 10. The van der Waals surface area contributed by atoms with Gasteiger partial charge < -0.3 is 24.2 Å². The summed E-state index contributed by atoms with van der Waals surface area (Å²) in [6.45, 7) is 5.19. The van der Waals surface area contributed by atoms with Gasteiger partial charge in [0, 0.05) is 18.5 Å². The molecule has 0 radical (unpaired) electrons. The van der Waals surface area contributed by atoms with E-state index < -0.39 is 32.2 Å². The van der Waals surface area contributed by atoms with Crippen LogP contribution in [0, 0.1) is 13.0 Å². The smallest absolute Gasteiger partial charge is 0.315 e. The first-order valence-corrected chi connectivity index (χ1v) is 16.1. The topological polar surface area (TPSA) is 189 Å². The molecule has 232 valence electrons. The number of benzene rings is 3. The zero-order chi connectivity index (χ0) is 31.4. The number of morpholine rings is 1. The molecule has 3 N–H and O–H groups in total. The van der Waals surface area contributed by atoms with Gasteiger partial charge in [0.25, 0.3) is 10.1 Å². The number of aryl methyl sites for hydroxylation is 1. The molecule has 17 heteroatoms. The number of anilines is 3. The highest BCUT2D eigenvalue weighted by Crippen LogP contribution is 2.44. The molecule has 0 spiro atoms. The molecule has 0 amide bonds. The maximum Gasteiger partial charge on any atom is 0.315 e. The van der Waals surface area contributed by atoms with Crippen molar-refractivity contribution in [1.29, 1.82) is 0 Å². The number of aromatic nitrogens is 3. The molecule has 1 aliphatic heterocycles. The summed E-state index contributed by atoms with van der Waals surface area (Å²) >= 11 is -1.45. The fourth-order valence-corrected chi connectivity index (χ4v) is 5.69. The van der Waals surface area contributed by atoms with Crippen molar-refractivity contribution in [3.63, 3.8) is 0 Å². The summed E-state index contributed by atoms with van der Waals surface area (Å²) < 4.78 is 70.9. The maximum absolute atomic E-state index is 14.5. The average molecular weight is 646 g/mol. The van der Waals surface area contributed by atoms with Crippen molar-refractivity contribution >= 4 is 60.9 Å². The van der Waals surface area contributed by atoms with Crippen molar-refractivity contribution in [3.8, 4) is 11.5 Å². The summed E-state index contributed by atoms with van der Waals surface area (Å²) in [6.07, 6.45) is -0.370. The lowest BCUT2D eigenvalue weighted by Crippen LogP contribution is -2.37. The lowest BCUT2D eigenvalue weighted by molar-refractivity contribution is 0.122. The SMILES string of the molecule is CCCS(=O)Oc1ccc(N=Nc2c(C)cc3cc(S(=O)(=O)O)cc(Nc4nc(F)nc(N5CCOCC5)n4)c3c2O)cc1. The summed E-state index contributed by atoms with van der Waals surface area (Å²) in [6, 6.07) is 10.2. The van der Waals surface area contributed by atoms with Crippen LogP contribution in [0.25, 0.3) is 10.8 Å². The van der Waals surface area contributed by atoms with E-state index in [0.29, 0.717) is 55.5 Å². The van der Waals surface area contributed by atoms with Gasteiger partial charge in [-0.3, -0.25) is 4.55 Å². The Balaban J connectivity index is 1.53. The Morgan fingerprint density at radius 1 is 1.11 bits per heavy atom. The van der Waals surface area contributed by atoms with E-state index in [1.165, 1.54) is 6.07 Å². The van der Waals surface area contributed by atoms with Gasteiger partial charge in [-0.25, -0.2) is 4.21 Å². The number of halogens is 1. The molecule has 1 saturated heterocycles. The number of nitrogens with one attached hydrogen (secondary N) is 1. The minimum absolute atomic E-state index is 0.0427. The monoisotopic (exact) mass is 645 g/mol. The Labute approximate surface area is 254 Å². The van der Waals surface area contributed by atoms with Crippen molar-refractivity contribution in [3.05, 3.63) is 54.1 Å². The Bertz CT molecular complexity index is 1850. The quantitative estimate of drug-likeness (QED) is 0.157. The summed E-state index contributed by atoms with van der Waals surface area (Å²) in [7, 11) is -4.68. The van der Waals surface area contributed by atoms with Crippen molar-refractivity contribution in [1.82, 2.24) is 15.0 Å². The highest BCUT2D eigenvalue weighted by Gasteiger charge is 2.22. The third kappa shape index (κ3) is 7.24. The van der Waals surface area contributed by atoms with Crippen LogP contribution in [-0.2, 0) is 25.9 Å². The van der Waals surface area contributed by atoms with Crippen molar-refractivity contribution < 1.29 is 35.6 Å². The Kier molecular flexibility index (Phi) is 9.28. The zero-order valence-electron chi connectivity index (χ0n) is 23.6. The van der Waals surface area contributed by atoms with Gasteiger partial charge in [-0.15, -0.1) is 5.11 Å². The molecule has 1 atom stereocenters. The molecule has 1 aromatic heterocycles. The van der Waals surface area contributed by atoms with Crippen molar-refractivity contribution in [2.24, 2.45) is 10.2 Å². The van der Waals surface area contributed by atoms with Crippen LogP contribution < -0.4 is 14.4 Å². The molecule has 14 nitrogen and oxygen atoms in total. The van der Waals surface area contributed by atoms with Gasteiger partial charge in [-0.1, -0.05) is 6.92 Å². The third-order valence-corrected chi connectivity index (χ3v) is 8.40. The summed E-state index contributed by atoms with van der Waals surface area (Å²) in [4.78, 5) is 12.9. The lowest BCUT2D eigenvalue weighted by Gasteiger charge is -2.26. The molecule has 0 bridgehead atoms. The molecule has 2 heterocycles. The summed E-state index contributed by atoms with van der Waals surface area (Å²) in [5.74, 6) is 0.213. The van der Waals surface area contributed by atoms with Gasteiger partial charge in [-0.05, 0) is 66.8 Å². The van der Waals surface area contributed by atoms with Crippen LogP contribution in [0.1, 0.15) is 18.9 Å². The summed E-state index contributed by atoms with van der Waals surface area (Å²) in [5, 5.41) is 22.8. The predicted molar refractivity (Wildman–Crippen MR) is 161 cm³/mol. The van der Waals surface area contributed by atoms with Crippen LogP contribution in [-0.4, -0.2) is 69.3 Å². The van der Waals surface area contributed by atoms with Gasteiger partial charge in [0.05, 0.1) is 35.2 Å². The van der Waals surface area contributed by atoms with Gasteiger partial charge in [0.2, 0.25) is 23.0 Å². The maximum atomic E-state index is 14.5. The molecule has 44 heavy (non-hydrogen) atoms. The highest BCUT2D eigenvalue weighted by molar-refractivity contribution is 7.85. The van der Waals surface area contributed by atoms with Crippen LogP contribution in [0.15, 0.2) is 57.6 Å². The first-order valence-electron chi connectivity index (χ1n) is 13.4. The number of fused-ring (bicyclic) bond motifs is 1. The van der Waals surface area contributed by atoms with Crippen molar-refractivity contribution in [2.45, 2.75) is 25.2 Å². The Hall–Kier alpha value is -4.32. The van der Waals surface area contributed by atoms with Crippen LogP contribution in [0.4, 0.5) is 33.3 Å². The first kappa shape index (κ1) is 31.1. The van der Waals surface area contributed by atoms with Crippen LogP contribution >= 0.6 is 0 Å². The first-order chi connectivity index (χ1) is 21.0. The number of phenolic OH excluding ortho intramolecular Hbond substituents is 1. The second-order valence-corrected chi connectivity index (χ2v) is 12.3. The molecular weight excluding hydrogens is 617 g/mol. The number of nitrogens with zero attached hydrogens (tertiary/aromatic N) is 6. The predicted octanol–water partition coefficient (Wildman–Crippen LogP) is 4.87. The third-order valence-electron chi connectivity index (χ3n) is 6.45. The molecule has 3 aromatic carbocycles. The normalized spacial score (nSPS) is 14.7. The van der Waals surface area contributed by atoms with Gasteiger partial charge >= 0.3 is 6.08 Å². The largest absolute Gasteiger partial charge is 0.505 e. The number of hydrogen-bond acceptors (Lipinski definition) is 13. The molecule has 1 unspecified atom stereocenters. The standard InChI is InChI=1S/C27H28FN7O7S2/c1-3-12-43(37)42-19-6-4-18(5-7-19)33-34-23-16(2)13-17-14-20(44(38,39)40)15-21(22(17)24(23)36)29-26-30-25(28)31-27(32-26)35-8-10-41-11-9-35/h4-7,13-15,36H,3,8-12H2,1-2H3,(H,38,39,40)(H,29,30,31,32). The van der Waals surface area contributed by atoms with E-state index in [1.54, 1.807) is 42.2 Å². The number of ether oxygens (including phenoxy) is 1. The summed E-state index contributed by atoms with van der Waals surface area (Å²) in [5.41, 5.74) is 0.867. The lowest BCUT2D eigenvalue weighted by atomic mass is 10.0. The van der Waals surface area contributed by atoms with Gasteiger partial charge in [-0.2, -0.15) is 32.9 Å². The number of aromatic hydroxyl groups is 1. The minimum Gasteiger partial charge on any atom is -0.505 e. The molecule has 0 saturated carbocycles. The second-order valence-electron chi connectivity index (χ2n) is 9.67. The number of phenols is 1. The molecule has 1 aliphatic rings. The van der Waals surface area contributed by atoms with E-state index in [2.05, 4.69) is 30.5 Å². The van der Waals surface area contributed by atoms with Gasteiger partial charge in [0.15, 0.2) is 5.75 Å².